The Morgan fingerprint density at radius 3 is 2.57 bits per heavy atom. The van der Waals surface area contributed by atoms with Gasteiger partial charge in [0, 0.05) is 25.0 Å². The van der Waals surface area contributed by atoms with Crippen LogP contribution in [0.25, 0.3) is 0 Å². The molecule has 0 unspecified atom stereocenters. The van der Waals surface area contributed by atoms with Gasteiger partial charge in [-0.05, 0) is 43.4 Å². The van der Waals surface area contributed by atoms with Crippen molar-refractivity contribution in [2.24, 2.45) is 0 Å². The maximum Gasteiger partial charge on any atom is 0.246 e. The summed E-state index contributed by atoms with van der Waals surface area (Å²) in [5, 5.41) is 0. The molecular weight excluding hydrogens is 288 g/mol. The summed E-state index contributed by atoms with van der Waals surface area (Å²) in [6.07, 6.45) is 6.22. The van der Waals surface area contributed by atoms with Gasteiger partial charge < -0.3 is 4.42 Å². The number of aryl methyl sites for hydroxylation is 1. The van der Waals surface area contributed by atoms with Crippen LogP contribution < -0.4 is 0 Å². The van der Waals surface area contributed by atoms with Gasteiger partial charge in [-0.1, -0.05) is 6.07 Å². The number of hydrogen-bond donors (Lipinski definition) is 0. The minimum absolute atomic E-state index is 0.234. The first kappa shape index (κ1) is 14.3. The number of aromatic nitrogens is 1. The second kappa shape index (κ2) is 5.61. The predicted octanol–water partition coefficient (Wildman–Crippen LogP) is 2.55. The molecule has 0 atom stereocenters. The zero-order valence-corrected chi connectivity index (χ0v) is 12.7. The summed E-state index contributed by atoms with van der Waals surface area (Å²) in [5.74, 6) is 0.383. The summed E-state index contributed by atoms with van der Waals surface area (Å²) in [6.45, 7) is 3.03. The summed E-state index contributed by atoms with van der Waals surface area (Å²) in [4.78, 5) is 4.55. The van der Waals surface area contributed by atoms with Crippen molar-refractivity contribution >= 4 is 10.0 Å². The largest absolute Gasteiger partial charge is 0.471 e. The quantitative estimate of drug-likeness (QED) is 0.874. The predicted molar refractivity (Wildman–Crippen MR) is 78.4 cm³/mol. The Morgan fingerprint density at radius 2 is 2.00 bits per heavy atom. The Kier molecular flexibility index (Phi) is 3.82. The van der Waals surface area contributed by atoms with Crippen molar-refractivity contribution in [3.05, 3.63) is 48.2 Å². The summed E-state index contributed by atoms with van der Waals surface area (Å²) in [7, 11) is -3.41. The molecule has 112 valence electrons. The monoisotopic (exact) mass is 306 g/mol. The van der Waals surface area contributed by atoms with E-state index in [-0.39, 0.29) is 4.90 Å². The van der Waals surface area contributed by atoms with E-state index in [9.17, 15) is 8.42 Å². The van der Waals surface area contributed by atoms with Gasteiger partial charge in [-0.15, -0.1) is 0 Å². The van der Waals surface area contributed by atoms with Gasteiger partial charge in [-0.3, -0.25) is 4.98 Å². The van der Waals surface area contributed by atoms with E-state index in [2.05, 4.69) is 11.1 Å². The molecule has 1 aliphatic rings. The van der Waals surface area contributed by atoms with Crippen molar-refractivity contribution in [1.82, 2.24) is 9.29 Å². The molecule has 2 aromatic heterocycles. The van der Waals surface area contributed by atoms with E-state index in [0.29, 0.717) is 19.0 Å². The van der Waals surface area contributed by atoms with Crippen molar-refractivity contribution in [3.8, 4) is 0 Å². The first-order chi connectivity index (χ1) is 10.1. The lowest BCUT2D eigenvalue weighted by Crippen LogP contribution is -2.37. The van der Waals surface area contributed by atoms with E-state index in [1.165, 1.54) is 28.5 Å². The van der Waals surface area contributed by atoms with Gasteiger partial charge in [-0.2, -0.15) is 4.31 Å². The molecule has 1 saturated heterocycles. The first-order valence-electron chi connectivity index (χ1n) is 7.02. The summed E-state index contributed by atoms with van der Waals surface area (Å²) >= 11 is 0. The second-order valence-electron chi connectivity index (χ2n) is 5.37. The molecule has 0 aliphatic carbocycles. The zero-order chi connectivity index (χ0) is 14.9. The van der Waals surface area contributed by atoms with Gasteiger partial charge in [0.1, 0.15) is 11.2 Å². The Bertz CT molecular complexity index is 685. The topological polar surface area (TPSA) is 63.4 Å². The summed E-state index contributed by atoms with van der Waals surface area (Å²) < 4.78 is 31.2. The van der Waals surface area contributed by atoms with Crippen molar-refractivity contribution in [2.75, 3.05) is 13.1 Å². The molecule has 2 aromatic rings. The average Bonchev–Trinajstić information content (AvgIpc) is 3.03. The molecule has 1 fully saturated rings. The number of piperidine rings is 1. The van der Waals surface area contributed by atoms with Crippen LogP contribution in [0.15, 0.2) is 46.2 Å². The smallest absolute Gasteiger partial charge is 0.246 e. The molecule has 0 N–H and O–H groups in total. The molecule has 3 heterocycles. The Morgan fingerprint density at radius 1 is 1.24 bits per heavy atom. The first-order valence-corrected chi connectivity index (χ1v) is 8.46. The SMILES string of the molecule is Cc1ccc(C2CCN(S(=O)(=O)c3ccoc3)CC2)cn1. The van der Waals surface area contributed by atoms with Crippen molar-refractivity contribution < 1.29 is 12.8 Å². The van der Waals surface area contributed by atoms with Crippen LogP contribution in [0, 0.1) is 6.92 Å². The van der Waals surface area contributed by atoms with E-state index >= 15 is 0 Å². The molecule has 1 aliphatic heterocycles. The van der Waals surface area contributed by atoms with Gasteiger partial charge in [0.15, 0.2) is 0 Å². The molecule has 0 spiro atoms. The summed E-state index contributed by atoms with van der Waals surface area (Å²) in [6, 6.07) is 5.59. The van der Waals surface area contributed by atoms with E-state index in [1.54, 1.807) is 0 Å². The van der Waals surface area contributed by atoms with Crippen LogP contribution >= 0.6 is 0 Å². The van der Waals surface area contributed by atoms with Crippen molar-refractivity contribution in [1.29, 1.82) is 0 Å². The third-order valence-electron chi connectivity index (χ3n) is 3.99. The van der Waals surface area contributed by atoms with Gasteiger partial charge in [0.25, 0.3) is 0 Å². The minimum Gasteiger partial charge on any atom is -0.471 e. The van der Waals surface area contributed by atoms with Crippen molar-refractivity contribution in [2.45, 2.75) is 30.6 Å². The van der Waals surface area contributed by atoms with Crippen LogP contribution in [0.3, 0.4) is 0 Å². The highest BCUT2D eigenvalue weighted by Crippen LogP contribution is 2.30. The third kappa shape index (κ3) is 2.87. The number of rotatable bonds is 3. The zero-order valence-electron chi connectivity index (χ0n) is 11.9. The standard InChI is InChI=1S/C15H18N2O3S/c1-12-2-3-14(10-16-12)13-4-7-17(8-5-13)21(18,19)15-6-9-20-11-15/h2-3,6,9-11,13H,4-5,7-8H2,1H3. The van der Waals surface area contributed by atoms with E-state index in [1.807, 2.05) is 19.2 Å². The van der Waals surface area contributed by atoms with Crippen LogP contribution in [0.1, 0.15) is 30.0 Å². The normalized spacial score (nSPS) is 18.0. The van der Waals surface area contributed by atoms with Gasteiger partial charge in [-0.25, -0.2) is 8.42 Å². The minimum atomic E-state index is -3.41. The van der Waals surface area contributed by atoms with E-state index < -0.39 is 10.0 Å². The Labute approximate surface area is 124 Å². The molecule has 0 bridgehead atoms. The molecule has 6 heteroatoms. The maximum absolute atomic E-state index is 12.4. The fourth-order valence-corrected chi connectivity index (χ4v) is 4.09. The molecule has 0 saturated carbocycles. The molecule has 5 nitrogen and oxygen atoms in total. The van der Waals surface area contributed by atoms with Crippen LogP contribution in [0.5, 0.6) is 0 Å². The number of furan rings is 1. The van der Waals surface area contributed by atoms with Gasteiger partial charge in [0.2, 0.25) is 10.0 Å². The Balaban J connectivity index is 1.69. The van der Waals surface area contributed by atoms with Crippen molar-refractivity contribution in [3.63, 3.8) is 0 Å². The summed E-state index contributed by atoms with van der Waals surface area (Å²) in [5.41, 5.74) is 2.19. The van der Waals surface area contributed by atoms with Gasteiger partial charge in [0.05, 0.1) is 6.26 Å². The Hall–Kier alpha value is -1.66. The van der Waals surface area contributed by atoms with E-state index in [4.69, 9.17) is 4.42 Å². The number of sulfonamides is 1. The molecule has 0 radical (unpaired) electrons. The lowest BCUT2D eigenvalue weighted by Gasteiger charge is -2.30. The number of pyridine rings is 1. The van der Waals surface area contributed by atoms with Crippen LogP contribution in [0.4, 0.5) is 0 Å². The van der Waals surface area contributed by atoms with Gasteiger partial charge >= 0.3 is 0 Å². The van der Waals surface area contributed by atoms with Crippen LogP contribution in [-0.4, -0.2) is 30.8 Å². The third-order valence-corrected chi connectivity index (χ3v) is 5.87. The molecule has 0 amide bonds. The molecule has 21 heavy (non-hydrogen) atoms. The molecular formula is C15H18N2O3S. The second-order valence-corrected chi connectivity index (χ2v) is 7.31. The van der Waals surface area contributed by atoms with Crippen LogP contribution in [0.2, 0.25) is 0 Å². The van der Waals surface area contributed by atoms with Crippen LogP contribution in [-0.2, 0) is 10.0 Å². The maximum atomic E-state index is 12.4. The molecule has 3 rings (SSSR count). The fraction of sp³-hybridized carbons (Fsp3) is 0.400. The highest BCUT2D eigenvalue weighted by molar-refractivity contribution is 7.89. The lowest BCUT2D eigenvalue weighted by atomic mass is 9.91. The molecule has 0 aromatic carbocycles. The average molecular weight is 306 g/mol. The highest BCUT2D eigenvalue weighted by atomic mass is 32.2. The fourth-order valence-electron chi connectivity index (χ4n) is 2.70. The number of nitrogens with zero attached hydrogens (tertiary/aromatic N) is 2. The van der Waals surface area contributed by atoms with E-state index in [0.717, 1.165) is 18.5 Å². The highest BCUT2D eigenvalue weighted by Gasteiger charge is 2.30. The lowest BCUT2D eigenvalue weighted by molar-refractivity contribution is 0.319. The number of hydrogen-bond acceptors (Lipinski definition) is 4.